The molecular formula is C17H18ClNO. The third kappa shape index (κ3) is 2.97. The monoisotopic (exact) mass is 287 g/mol. The van der Waals surface area contributed by atoms with E-state index in [9.17, 15) is 0 Å². The second-order valence-electron chi connectivity index (χ2n) is 5.24. The molecule has 2 aromatic carbocycles. The summed E-state index contributed by atoms with van der Waals surface area (Å²) in [6.45, 7) is 3.71. The molecule has 1 atom stereocenters. The summed E-state index contributed by atoms with van der Waals surface area (Å²) in [5.41, 5.74) is 3.75. The van der Waals surface area contributed by atoms with Crippen LogP contribution in [0.4, 0.5) is 0 Å². The highest BCUT2D eigenvalue weighted by Crippen LogP contribution is 2.34. The topological polar surface area (TPSA) is 21.3 Å². The SMILES string of the molecule is Cc1ccc(CNC2CCOc3ccc(Cl)cc32)cc1. The van der Waals surface area contributed by atoms with Crippen molar-refractivity contribution in [3.63, 3.8) is 0 Å². The summed E-state index contributed by atoms with van der Waals surface area (Å²) in [7, 11) is 0. The molecule has 0 spiro atoms. The smallest absolute Gasteiger partial charge is 0.124 e. The van der Waals surface area contributed by atoms with E-state index in [4.69, 9.17) is 16.3 Å². The zero-order valence-corrected chi connectivity index (χ0v) is 12.3. The average molecular weight is 288 g/mol. The van der Waals surface area contributed by atoms with E-state index >= 15 is 0 Å². The van der Waals surface area contributed by atoms with Crippen molar-refractivity contribution in [3.05, 3.63) is 64.2 Å². The van der Waals surface area contributed by atoms with Crippen LogP contribution >= 0.6 is 11.6 Å². The van der Waals surface area contributed by atoms with Gasteiger partial charge in [-0.1, -0.05) is 41.4 Å². The standard InChI is InChI=1S/C17H18ClNO/c1-12-2-4-13(5-3-12)11-19-16-8-9-20-17-7-6-14(18)10-15(16)17/h2-7,10,16,19H,8-9,11H2,1H3. The predicted molar refractivity (Wildman–Crippen MR) is 82.3 cm³/mol. The van der Waals surface area contributed by atoms with Gasteiger partial charge in [0, 0.05) is 29.6 Å². The van der Waals surface area contributed by atoms with Crippen LogP contribution in [-0.2, 0) is 6.54 Å². The van der Waals surface area contributed by atoms with E-state index in [0.29, 0.717) is 6.04 Å². The first-order chi connectivity index (χ1) is 9.72. The quantitative estimate of drug-likeness (QED) is 0.911. The number of nitrogens with one attached hydrogen (secondary N) is 1. The number of benzene rings is 2. The van der Waals surface area contributed by atoms with Crippen molar-refractivity contribution < 1.29 is 4.74 Å². The highest BCUT2D eigenvalue weighted by molar-refractivity contribution is 6.30. The molecule has 0 saturated heterocycles. The Balaban J connectivity index is 1.73. The number of rotatable bonds is 3. The fourth-order valence-corrected chi connectivity index (χ4v) is 2.70. The maximum absolute atomic E-state index is 6.09. The molecule has 1 aliphatic heterocycles. The van der Waals surface area contributed by atoms with Crippen molar-refractivity contribution in [2.45, 2.75) is 25.9 Å². The van der Waals surface area contributed by atoms with Crippen LogP contribution in [0, 0.1) is 6.92 Å². The van der Waals surface area contributed by atoms with Gasteiger partial charge in [0.05, 0.1) is 6.61 Å². The number of hydrogen-bond acceptors (Lipinski definition) is 2. The molecule has 0 aromatic heterocycles. The molecular weight excluding hydrogens is 270 g/mol. The third-order valence-corrected chi connectivity index (χ3v) is 3.92. The van der Waals surface area contributed by atoms with Gasteiger partial charge in [0.15, 0.2) is 0 Å². The van der Waals surface area contributed by atoms with E-state index in [0.717, 1.165) is 35.9 Å². The van der Waals surface area contributed by atoms with Gasteiger partial charge < -0.3 is 10.1 Å². The van der Waals surface area contributed by atoms with Gasteiger partial charge in [0.1, 0.15) is 5.75 Å². The molecule has 20 heavy (non-hydrogen) atoms. The van der Waals surface area contributed by atoms with Gasteiger partial charge in [-0.3, -0.25) is 0 Å². The van der Waals surface area contributed by atoms with Gasteiger partial charge in [0.25, 0.3) is 0 Å². The molecule has 0 saturated carbocycles. The van der Waals surface area contributed by atoms with E-state index < -0.39 is 0 Å². The molecule has 2 nitrogen and oxygen atoms in total. The predicted octanol–water partition coefficient (Wildman–Crippen LogP) is 4.26. The highest BCUT2D eigenvalue weighted by Gasteiger charge is 2.21. The zero-order valence-electron chi connectivity index (χ0n) is 11.5. The van der Waals surface area contributed by atoms with Crippen LogP contribution in [0.25, 0.3) is 0 Å². The lowest BCUT2D eigenvalue weighted by Gasteiger charge is -2.27. The second kappa shape index (κ2) is 5.86. The Hall–Kier alpha value is -1.51. The molecule has 0 aliphatic carbocycles. The summed E-state index contributed by atoms with van der Waals surface area (Å²) >= 11 is 6.09. The number of ether oxygens (including phenoxy) is 1. The van der Waals surface area contributed by atoms with Crippen LogP contribution in [0.1, 0.15) is 29.2 Å². The first-order valence-corrected chi connectivity index (χ1v) is 7.31. The molecule has 0 bridgehead atoms. The minimum atomic E-state index is 0.304. The van der Waals surface area contributed by atoms with Crippen molar-refractivity contribution in [3.8, 4) is 5.75 Å². The summed E-state index contributed by atoms with van der Waals surface area (Å²) in [5.74, 6) is 0.946. The molecule has 1 aliphatic rings. The maximum atomic E-state index is 6.09. The minimum Gasteiger partial charge on any atom is -0.493 e. The van der Waals surface area contributed by atoms with Gasteiger partial charge in [0.2, 0.25) is 0 Å². The Morgan fingerprint density at radius 3 is 2.80 bits per heavy atom. The number of fused-ring (bicyclic) bond motifs is 1. The van der Waals surface area contributed by atoms with Crippen LogP contribution in [0.5, 0.6) is 5.75 Å². The fraction of sp³-hybridized carbons (Fsp3) is 0.294. The van der Waals surface area contributed by atoms with Crippen LogP contribution in [0.15, 0.2) is 42.5 Å². The van der Waals surface area contributed by atoms with Gasteiger partial charge in [-0.25, -0.2) is 0 Å². The first-order valence-electron chi connectivity index (χ1n) is 6.93. The van der Waals surface area contributed by atoms with E-state index in [-0.39, 0.29) is 0 Å². The molecule has 0 amide bonds. The summed E-state index contributed by atoms with van der Waals surface area (Å²) in [6, 6.07) is 14.8. The largest absolute Gasteiger partial charge is 0.493 e. The molecule has 1 heterocycles. The Kier molecular flexibility index (Phi) is 3.95. The molecule has 0 radical (unpaired) electrons. The highest BCUT2D eigenvalue weighted by atomic mass is 35.5. The van der Waals surface area contributed by atoms with E-state index in [1.54, 1.807) is 0 Å². The van der Waals surface area contributed by atoms with Gasteiger partial charge >= 0.3 is 0 Å². The molecule has 0 fully saturated rings. The lowest BCUT2D eigenvalue weighted by atomic mass is 10.00. The molecule has 3 heteroatoms. The van der Waals surface area contributed by atoms with Crippen LogP contribution in [-0.4, -0.2) is 6.61 Å². The number of aryl methyl sites for hydroxylation is 1. The Morgan fingerprint density at radius 2 is 2.00 bits per heavy atom. The van der Waals surface area contributed by atoms with Crippen LogP contribution in [0.2, 0.25) is 5.02 Å². The van der Waals surface area contributed by atoms with Gasteiger partial charge in [-0.05, 0) is 30.7 Å². The van der Waals surface area contributed by atoms with Gasteiger partial charge in [-0.15, -0.1) is 0 Å². The normalized spacial score (nSPS) is 17.4. The van der Waals surface area contributed by atoms with Crippen LogP contribution < -0.4 is 10.1 Å². The van der Waals surface area contributed by atoms with Crippen LogP contribution in [0.3, 0.4) is 0 Å². The van der Waals surface area contributed by atoms with E-state index in [2.05, 4.69) is 36.5 Å². The number of halogens is 1. The lowest BCUT2D eigenvalue weighted by molar-refractivity contribution is 0.252. The fourth-order valence-electron chi connectivity index (χ4n) is 2.52. The maximum Gasteiger partial charge on any atom is 0.124 e. The first kappa shape index (κ1) is 13.5. The average Bonchev–Trinajstić information content (AvgIpc) is 2.47. The number of hydrogen-bond donors (Lipinski definition) is 1. The summed E-state index contributed by atoms with van der Waals surface area (Å²) in [6.07, 6.45) is 0.971. The lowest BCUT2D eigenvalue weighted by Crippen LogP contribution is -2.26. The summed E-state index contributed by atoms with van der Waals surface area (Å²) < 4.78 is 5.68. The van der Waals surface area contributed by atoms with Crippen molar-refractivity contribution >= 4 is 11.6 Å². The van der Waals surface area contributed by atoms with Crippen molar-refractivity contribution in [1.82, 2.24) is 5.32 Å². The Bertz CT molecular complexity index is 594. The molecule has 1 N–H and O–H groups in total. The Labute approximate surface area is 124 Å². The Morgan fingerprint density at radius 1 is 1.20 bits per heavy atom. The van der Waals surface area contributed by atoms with Crippen molar-refractivity contribution in [1.29, 1.82) is 0 Å². The molecule has 2 aromatic rings. The van der Waals surface area contributed by atoms with E-state index in [1.165, 1.54) is 11.1 Å². The second-order valence-corrected chi connectivity index (χ2v) is 5.67. The molecule has 1 unspecified atom stereocenters. The zero-order chi connectivity index (χ0) is 13.9. The summed E-state index contributed by atoms with van der Waals surface area (Å²) in [4.78, 5) is 0. The minimum absolute atomic E-state index is 0.304. The van der Waals surface area contributed by atoms with Gasteiger partial charge in [-0.2, -0.15) is 0 Å². The molecule has 3 rings (SSSR count). The molecule has 104 valence electrons. The summed E-state index contributed by atoms with van der Waals surface area (Å²) in [5, 5.41) is 4.36. The van der Waals surface area contributed by atoms with Crippen molar-refractivity contribution in [2.24, 2.45) is 0 Å². The van der Waals surface area contributed by atoms with Crippen molar-refractivity contribution in [2.75, 3.05) is 6.61 Å². The third-order valence-electron chi connectivity index (χ3n) is 3.68. The van der Waals surface area contributed by atoms with E-state index in [1.807, 2.05) is 18.2 Å².